The first kappa shape index (κ1) is 13.0. The Morgan fingerprint density at radius 2 is 2.06 bits per heavy atom. The Kier molecular flexibility index (Phi) is 4.29. The Balaban J connectivity index is 2.60. The van der Waals surface area contributed by atoms with Gasteiger partial charge in [-0.2, -0.15) is 0 Å². The van der Waals surface area contributed by atoms with Crippen molar-refractivity contribution in [3.05, 3.63) is 0 Å². The molecule has 0 saturated carbocycles. The lowest BCUT2D eigenvalue weighted by Gasteiger charge is -2.33. The fraction of sp³-hybridized carbons (Fsp3) is 0.818. The van der Waals surface area contributed by atoms with Gasteiger partial charge in [0.2, 0.25) is 5.91 Å². The molecule has 5 nitrogen and oxygen atoms in total. The summed E-state index contributed by atoms with van der Waals surface area (Å²) >= 11 is 0. The van der Waals surface area contributed by atoms with Crippen LogP contribution in [0.2, 0.25) is 0 Å². The summed E-state index contributed by atoms with van der Waals surface area (Å²) in [5.74, 6) is -1.30. The molecule has 1 fully saturated rings. The number of piperidine rings is 1. The SMILES string of the molecule is CC(C)[C@@H](N)C(=O)N1CCCC(C(=O)O)C1. The molecule has 1 aliphatic rings. The zero-order valence-corrected chi connectivity index (χ0v) is 9.85. The van der Waals surface area contributed by atoms with E-state index in [0.29, 0.717) is 19.5 Å². The second-order valence-electron chi connectivity index (χ2n) is 4.73. The predicted octanol–water partition coefficient (Wildman–Crippen LogP) is 0.293. The normalized spacial score (nSPS) is 23.2. The summed E-state index contributed by atoms with van der Waals surface area (Å²) in [5.41, 5.74) is 5.77. The summed E-state index contributed by atoms with van der Waals surface area (Å²) in [4.78, 5) is 24.4. The lowest BCUT2D eigenvalue weighted by Crippen LogP contribution is -2.50. The Morgan fingerprint density at radius 1 is 1.44 bits per heavy atom. The minimum absolute atomic E-state index is 0.0812. The van der Waals surface area contributed by atoms with Gasteiger partial charge in [-0.15, -0.1) is 0 Å². The molecule has 1 saturated heterocycles. The van der Waals surface area contributed by atoms with Crippen molar-refractivity contribution in [2.24, 2.45) is 17.6 Å². The molecule has 1 heterocycles. The van der Waals surface area contributed by atoms with Crippen LogP contribution in [0.4, 0.5) is 0 Å². The summed E-state index contributed by atoms with van der Waals surface area (Å²) in [6.07, 6.45) is 1.39. The molecule has 1 aliphatic heterocycles. The third kappa shape index (κ3) is 2.95. The van der Waals surface area contributed by atoms with Crippen LogP contribution in [-0.4, -0.2) is 41.0 Å². The van der Waals surface area contributed by atoms with E-state index in [1.54, 1.807) is 4.90 Å². The molecule has 1 unspecified atom stereocenters. The third-order valence-electron chi connectivity index (χ3n) is 3.09. The van der Waals surface area contributed by atoms with E-state index in [1.165, 1.54) is 0 Å². The highest BCUT2D eigenvalue weighted by Gasteiger charge is 2.31. The van der Waals surface area contributed by atoms with Crippen molar-refractivity contribution in [2.75, 3.05) is 13.1 Å². The summed E-state index contributed by atoms with van der Waals surface area (Å²) < 4.78 is 0. The molecule has 0 aromatic rings. The predicted molar refractivity (Wildman–Crippen MR) is 59.8 cm³/mol. The van der Waals surface area contributed by atoms with Crippen LogP contribution in [0.3, 0.4) is 0 Å². The number of nitrogens with two attached hydrogens (primary N) is 1. The maximum Gasteiger partial charge on any atom is 0.308 e. The van der Waals surface area contributed by atoms with E-state index in [-0.39, 0.29) is 11.8 Å². The molecule has 0 aliphatic carbocycles. The Labute approximate surface area is 95.6 Å². The van der Waals surface area contributed by atoms with Gasteiger partial charge in [-0.05, 0) is 18.8 Å². The van der Waals surface area contributed by atoms with E-state index in [0.717, 1.165) is 6.42 Å². The van der Waals surface area contributed by atoms with Crippen LogP contribution >= 0.6 is 0 Å². The molecule has 0 spiro atoms. The average molecular weight is 228 g/mol. The number of carbonyl (C=O) groups is 2. The van der Waals surface area contributed by atoms with Gasteiger partial charge in [0.1, 0.15) is 0 Å². The fourth-order valence-electron chi connectivity index (χ4n) is 1.87. The highest BCUT2D eigenvalue weighted by Crippen LogP contribution is 2.18. The Bertz CT molecular complexity index is 278. The molecule has 3 N–H and O–H groups in total. The van der Waals surface area contributed by atoms with Crippen LogP contribution in [0.25, 0.3) is 0 Å². The van der Waals surface area contributed by atoms with E-state index in [9.17, 15) is 9.59 Å². The number of nitrogens with zero attached hydrogens (tertiary/aromatic N) is 1. The van der Waals surface area contributed by atoms with Crippen molar-refractivity contribution in [3.8, 4) is 0 Å². The van der Waals surface area contributed by atoms with E-state index in [1.807, 2.05) is 13.8 Å². The molecule has 0 aromatic carbocycles. The molecule has 92 valence electrons. The highest BCUT2D eigenvalue weighted by atomic mass is 16.4. The van der Waals surface area contributed by atoms with E-state index < -0.39 is 17.9 Å². The first-order valence-corrected chi connectivity index (χ1v) is 5.70. The maximum atomic E-state index is 11.9. The standard InChI is InChI=1S/C11H20N2O3/c1-7(2)9(12)10(14)13-5-3-4-8(6-13)11(15)16/h7-9H,3-6,12H2,1-2H3,(H,15,16)/t8?,9-/m1/s1. The van der Waals surface area contributed by atoms with Gasteiger partial charge in [0.15, 0.2) is 0 Å². The minimum Gasteiger partial charge on any atom is -0.481 e. The van der Waals surface area contributed by atoms with E-state index in [4.69, 9.17) is 10.8 Å². The Morgan fingerprint density at radius 3 is 2.56 bits per heavy atom. The molecule has 1 rings (SSSR count). The minimum atomic E-state index is -0.824. The summed E-state index contributed by atoms with van der Waals surface area (Å²) in [5, 5.41) is 8.92. The first-order valence-electron chi connectivity index (χ1n) is 5.70. The van der Waals surface area contributed by atoms with Crippen molar-refractivity contribution < 1.29 is 14.7 Å². The van der Waals surface area contributed by atoms with Crippen molar-refractivity contribution in [1.82, 2.24) is 4.90 Å². The van der Waals surface area contributed by atoms with Gasteiger partial charge in [-0.3, -0.25) is 9.59 Å². The number of amides is 1. The zero-order valence-electron chi connectivity index (χ0n) is 9.85. The van der Waals surface area contributed by atoms with Gasteiger partial charge >= 0.3 is 5.97 Å². The molecule has 1 amide bonds. The van der Waals surface area contributed by atoms with Crippen LogP contribution in [0.1, 0.15) is 26.7 Å². The number of hydrogen-bond donors (Lipinski definition) is 2. The van der Waals surface area contributed by atoms with Gasteiger partial charge in [0.05, 0.1) is 12.0 Å². The monoisotopic (exact) mass is 228 g/mol. The number of aliphatic carboxylic acids is 1. The number of carboxylic acids is 1. The smallest absolute Gasteiger partial charge is 0.308 e. The maximum absolute atomic E-state index is 11.9. The van der Waals surface area contributed by atoms with Crippen LogP contribution in [0.5, 0.6) is 0 Å². The lowest BCUT2D eigenvalue weighted by atomic mass is 9.96. The third-order valence-corrected chi connectivity index (χ3v) is 3.09. The number of rotatable bonds is 3. The van der Waals surface area contributed by atoms with Crippen LogP contribution in [0.15, 0.2) is 0 Å². The fourth-order valence-corrected chi connectivity index (χ4v) is 1.87. The van der Waals surface area contributed by atoms with Crippen LogP contribution in [-0.2, 0) is 9.59 Å². The molecule has 2 atom stereocenters. The van der Waals surface area contributed by atoms with Crippen molar-refractivity contribution in [1.29, 1.82) is 0 Å². The van der Waals surface area contributed by atoms with E-state index in [2.05, 4.69) is 0 Å². The van der Waals surface area contributed by atoms with Crippen LogP contribution < -0.4 is 5.73 Å². The van der Waals surface area contributed by atoms with E-state index >= 15 is 0 Å². The molecule has 0 bridgehead atoms. The molecular formula is C11H20N2O3. The molecule has 0 radical (unpaired) electrons. The number of likely N-dealkylation sites (tertiary alicyclic amines) is 1. The zero-order chi connectivity index (χ0) is 12.3. The van der Waals surface area contributed by atoms with Crippen LogP contribution in [0, 0.1) is 11.8 Å². The first-order chi connectivity index (χ1) is 7.43. The largest absolute Gasteiger partial charge is 0.481 e. The summed E-state index contributed by atoms with van der Waals surface area (Å²) in [6, 6.07) is -0.521. The number of carboxylic acid groups (broad SMARTS) is 1. The van der Waals surface area contributed by atoms with Gasteiger partial charge in [0.25, 0.3) is 0 Å². The second-order valence-corrected chi connectivity index (χ2v) is 4.73. The average Bonchev–Trinajstić information content (AvgIpc) is 2.27. The molecule has 16 heavy (non-hydrogen) atoms. The quantitative estimate of drug-likeness (QED) is 0.727. The summed E-state index contributed by atoms with van der Waals surface area (Å²) in [7, 11) is 0. The van der Waals surface area contributed by atoms with Crippen molar-refractivity contribution >= 4 is 11.9 Å². The molecule has 0 aromatic heterocycles. The number of carbonyl (C=O) groups excluding carboxylic acids is 1. The second kappa shape index (κ2) is 5.30. The molecule has 5 heteroatoms. The lowest BCUT2D eigenvalue weighted by molar-refractivity contribution is -0.146. The number of hydrogen-bond acceptors (Lipinski definition) is 3. The van der Waals surface area contributed by atoms with Gasteiger partial charge in [0, 0.05) is 13.1 Å². The summed E-state index contributed by atoms with van der Waals surface area (Å²) in [6.45, 7) is 4.71. The van der Waals surface area contributed by atoms with Gasteiger partial charge < -0.3 is 15.7 Å². The van der Waals surface area contributed by atoms with Crippen molar-refractivity contribution in [2.45, 2.75) is 32.7 Å². The van der Waals surface area contributed by atoms with Gasteiger partial charge in [-0.1, -0.05) is 13.8 Å². The van der Waals surface area contributed by atoms with Crippen molar-refractivity contribution in [3.63, 3.8) is 0 Å². The highest BCUT2D eigenvalue weighted by molar-refractivity contribution is 5.82. The Hall–Kier alpha value is -1.10. The topological polar surface area (TPSA) is 83.6 Å². The van der Waals surface area contributed by atoms with Gasteiger partial charge in [-0.25, -0.2) is 0 Å². The molecular weight excluding hydrogens is 208 g/mol.